The van der Waals surface area contributed by atoms with E-state index < -0.39 is 0 Å². The Kier molecular flexibility index (Phi) is 6.15. The molecule has 1 fully saturated rings. The molecule has 0 radical (unpaired) electrons. The molecule has 136 valence electrons. The number of hydrogen-bond acceptors (Lipinski definition) is 2. The molecule has 5 heteroatoms. The third-order valence-electron chi connectivity index (χ3n) is 4.92. The molecule has 2 aromatic rings. The van der Waals surface area contributed by atoms with Gasteiger partial charge in [-0.1, -0.05) is 42.5 Å². The van der Waals surface area contributed by atoms with Crippen molar-refractivity contribution in [2.24, 2.45) is 0 Å². The van der Waals surface area contributed by atoms with E-state index in [1.54, 1.807) is 23.1 Å². The fourth-order valence-electron chi connectivity index (χ4n) is 3.44. The highest BCUT2D eigenvalue weighted by molar-refractivity contribution is 5.97. The lowest BCUT2D eigenvalue weighted by atomic mass is 10.1. The number of hydrogen-bond donors (Lipinski definition) is 3. The zero-order valence-corrected chi connectivity index (χ0v) is 15.3. The monoisotopic (exact) mass is 353 g/mol. The van der Waals surface area contributed by atoms with Crippen LogP contribution in [0.2, 0.25) is 0 Å². The summed E-state index contributed by atoms with van der Waals surface area (Å²) >= 11 is 0. The number of amides is 1. The topological polar surface area (TPSA) is 55.0 Å². The van der Waals surface area contributed by atoms with Gasteiger partial charge in [-0.15, -0.1) is 0 Å². The molecule has 1 heterocycles. The van der Waals surface area contributed by atoms with Gasteiger partial charge in [-0.25, -0.2) is 0 Å². The fraction of sp³-hybridized carbons (Fsp3) is 0.333. The number of anilines is 1. The first-order chi connectivity index (χ1) is 12.6. The maximum atomic E-state index is 12.3. The molecule has 1 aliphatic rings. The van der Waals surface area contributed by atoms with Gasteiger partial charge < -0.3 is 15.1 Å². The van der Waals surface area contributed by atoms with Crippen molar-refractivity contribution in [2.75, 3.05) is 38.0 Å². The van der Waals surface area contributed by atoms with Crippen molar-refractivity contribution in [1.29, 1.82) is 0 Å². The van der Waals surface area contributed by atoms with E-state index in [4.69, 9.17) is 0 Å². The average molecular weight is 353 g/mol. The van der Waals surface area contributed by atoms with Gasteiger partial charge in [0.15, 0.2) is 12.3 Å². The van der Waals surface area contributed by atoms with Crippen LogP contribution in [-0.2, 0) is 11.3 Å². The molecule has 1 saturated heterocycles. The predicted octanol–water partition coefficient (Wildman–Crippen LogP) is -0.189. The lowest BCUT2D eigenvalue weighted by molar-refractivity contribution is -1.02. The van der Waals surface area contributed by atoms with Crippen molar-refractivity contribution < 1.29 is 19.4 Å². The summed E-state index contributed by atoms with van der Waals surface area (Å²) in [7, 11) is 0. The summed E-state index contributed by atoms with van der Waals surface area (Å²) in [5.74, 6) is 0.0106. The highest BCUT2D eigenvalue weighted by Gasteiger charge is 2.24. The van der Waals surface area contributed by atoms with Crippen molar-refractivity contribution >= 4 is 17.4 Å². The summed E-state index contributed by atoms with van der Waals surface area (Å²) in [4.78, 5) is 26.7. The molecule has 0 atom stereocenters. The van der Waals surface area contributed by atoms with Crippen molar-refractivity contribution in [3.8, 4) is 0 Å². The van der Waals surface area contributed by atoms with Gasteiger partial charge in [-0.05, 0) is 19.1 Å². The SMILES string of the molecule is CC(=O)c1cccc(NC(=O)C[NH+]2CC[NH+](Cc3ccccc3)CC2)c1. The average Bonchev–Trinajstić information content (AvgIpc) is 2.64. The molecule has 0 aliphatic carbocycles. The third-order valence-corrected chi connectivity index (χ3v) is 4.92. The number of rotatable bonds is 6. The van der Waals surface area contributed by atoms with E-state index in [0.717, 1.165) is 32.7 Å². The van der Waals surface area contributed by atoms with E-state index in [0.29, 0.717) is 17.8 Å². The third kappa shape index (κ3) is 5.25. The summed E-state index contributed by atoms with van der Waals surface area (Å²) in [5, 5.41) is 2.92. The zero-order valence-electron chi connectivity index (χ0n) is 15.3. The van der Waals surface area contributed by atoms with Crippen molar-refractivity contribution in [1.82, 2.24) is 0 Å². The second-order valence-corrected chi connectivity index (χ2v) is 7.02. The minimum atomic E-state index is 0.00392. The smallest absolute Gasteiger partial charge is 0.279 e. The van der Waals surface area contributed by atoms with Crippen LogP contribution in [0.3, 0.4) is 0 Å². The molecule has 0 saturated carbocycles. The van der Waals surface area contributed by atoms with Crippen LogP contribution in [0.25, 0.3) is 0 Å². The van der Waals surface area contributed by atoms with E-state index in [-0.39, 0.29) is 11.7 Å². The van der Waals surface area contributed by atoms with E-state index in [1.807, 2.05) is 12.1 Å². The fourth-order valence-corrected chi connectivity index (χ4v) is 3.44. The van der Waals surface area contributed by atoms with Crippen molar-refractivity contribution in [2.45, 2.75) is 13.5 Å². The molecule has 1 aliphatic heterocycles. The van der Waals surface area contributed by atoms with Gasteiger partial charge in [0.1, 0.15) is 32.7 Å². The Morgan fingerprint density at radius 1 is 0.923 bits per heavy atom. The molecular formula is C21H27N3O2+2. The number of nitrogens with one attached hydrogen (secondary N) is 3. The Bertz CT molecular complexity index is 753. The maximum absolute atomic E-state index is 12.3. The molecular weight excluding hydrogens is 326 g/mol. The van der Waals surface area contributed by atoms with E-state index in [2.05, 4.69) is 29.6 Å². The Morgan fingerprint density at radius 2 is 1.62 bits per heavy atom. The quantitative estimate of drug-likeness (QED) is 0.631. The molecule has 0 unspecified atom stereocenters. The molecule has 0 spiro atoms. The van der Waals surface area contributed by atoms with Crippen molar-refractivity contribution in [3.63, 3.8) is 0 Å². The second-order valence-electron chi connectivity index (χ2n) is 7.02. The Labute approximate surface area is 154 Å². The number of carbonyl (C=O) groups excluding carboxylic acids is 2. The van der Waals surface area contributed by atoms with E-state index in [9.17, 15) is 9.59 Å². The van der Waals surface area contributed by atoms with Crippen LogP contribution in [0.15, 0.2) is 54.6 Å². The predicted molar refractivity (Wildman–Crippen MR) is 101 cm³/mol. The van der Waals surface area contributed by atoms with Gasteiger partial charge in [-0.3, -0.25) is 9.59 Å². The van der Waals surface area contributed by atoms with Gasteiger partial charge in [0.05, 0.1) is 0 Å². The number of benzene rings is 2. The Morgan fingerprint density at radius 3 is 2.31 bits per heavy atom. The lowest BCUT2D eigenvalue weighted by Crippen LogP contribution is -3.28. The van der Waals surface area contributed by atoms with Crippen LogP contribution < -0.4 is 15.1 Å². The summed E-state index contributed by atoms with van der Waals surface area (Å²) in [6.45, 7) is 7.23. The molecule has 26 heavy (non-hydrogen) atoms. The molecule has 0 aromatic heterocycles. The minimum Gasteiger partial charge on any atom is -0.322 e. The van der Waals surface area contributed by atoms with Gasteiger partial charge >= 0.3 is 0 Å². The van der Waals surface area contributed by atoms with Gasteiger partial charge in [0, 0.05) is 16.8 Å². The van der Waals surface area contributed by atoms with Crippen LogP contribution in [-0.4, -0.2) is 44.4 Å². The zero-order chi connectivity index (χ0) is 18.4. The molecule has 3 rings (SSSR count). The summed E-state index contributed by atoms with van der Waals surface area (Å²) in [6, 6.07) is 17.7. The highest BCUT2D eigenvalue weighted by Crippen LogP contribution is 2.10. The highest BCUT2D eigenvalue weighted by atomic mass is 16.2. The van der Waals surface area contributed by atoms with Crippen LogP contribution in [0, 0.1) is 0 Å². The normalized spacial score (nSPS) is 19.7. The van der Waals surface area contributed by atoms with Crippen molar-refractivity contribution in [3.05, 3.63) is 65.7 Å². The first kappa shape index (κ1) is 18.3. The van der Waals surface area contributed by atoms with Crippen LogP contribution in [0.5, 0.6) is 0 Å². The summed E-state index contributed by atoms with van der Waals surface area (Å²) in [5.41, 5.74) is 2.68. The first-order valence-corrected chi connectivity index (χ1v) is 9.22. The molecule has 5 nitrogen and oxygen atoms in total. The minimum absolute atomic E-state index is 0.00392. The van der Waals surface area contributed by atoms with E-state index >= 15 is 0 Å². The second kappa shape index (κ2) is 8.74. The lowest BCUT2D eigenvalue weighted by Gasteiger charge is -2.29. The number of ketones is 1. The van der Waals surface area contributed by atoms with Crippen LogP contribution in [0.1, 0.15) is 22.8 Å². The van der Waals surface area contributed by atoms with E-state index in [1.165, 1.54) is 17.4 Å². The summed E-state index contributed by atoms with van der Waals surface area (Å²) < 4.78 is 0. The first-order valence-electron chi connectivity index (χ1n) is 9.22. The van der Waals surface area contributed by atoms with Gasteiger partial charge in [0.2, 0.25) is 0 Å². The largest absolute Gasteiger partial charge is 0.322 e. The van der Waals surface area contributed by atoms with Crippen LogP contribution in [0.4, 0.5) is 5.69 Å². The van der Waals surface area contributed by atoms with Gasteiger partial charge in [0.25, 0.3) is 5.91 Å². The molecule has 3 N–H and O–H groups in total. The standard InChI is InChI=1S/C21H25N3O2/c1-17(25)19-8-5-9-20(14-19)22-21(26)16-24-12-10-23(11-13-24)15-18-6-3-2-4-7-18/h2-9,14H,10-13,15-16H2,1H3,(H,22,26)/p+2. The maximum Gasteiger partial charge on any atom is 0.279 e. The van der Waals surface area contributed by atoms with Crippen LogP contribution >= 0.6 is 0 Å². The number of piperazine rings is 1. The number of quaternary nitrogens is 2. The summed E-state index contributed by atoms with van der Waals surface area (Å²) in [6.07, 6.45) is 0. The number of Topliss-reactive ketones (excluding diaryl/α,β-unsaturated/α-hetero) is 1. The Hall–Kier alpha value is -2.50. The molecule has 0 bridgehead atoms. The van der Waals surface area contributed by atoms with Gasteiger partial charge in [-0.2, -0.15) is 0 Å². The molecule has 2 aromatic carbocycles. The Balaban J connectivity index is 1.45. The number of carbonyl (C=O) groups is 2. The molecule has 1 amide bonds.